The molecule has 0 aliphatic rings. The van der Waals surface area contributed by atoms with E-state index in [2.05, 4.69) is 0 Å². The number of hydrogen-bond donors (Lipinski definition) is 2. The first kappa shape index (κ1) is 15.1. The van der Waals surface area contributed by atoms with Crippen molar-refractivity contribution in [3.8, 4) is 16.9 Å². The molecule has 3 aromatic carbocycles. The van der Waals surface area contributed by atoms with E-state index >= 15 is 0 Å². The molecule has 0 radical (unpaired) electrons. The third-order valence-corrected chi connectivity index (χ3v) is 3.76. The maximum Gasteiger partial charge on any atom is 0.120 e. The van der Waals surface area contributed by atoms with Gasteiger partial charge in [0.1, 0.15) is 12.4 Å². The van der Waals surface area contributed by atoms with E-state index in [4.69, 9.17) is 10.5 Å². The van der Waals surface area contributed by atoms with Crippen LogP contribution in [-0.4, -0.2) is 5.11 Å². The summed E-state index contributed by atoms with van der Waals surface area (Å²) in [4.78, 5) is 0. The second kappa shape index (κ2) is 6.99. The topological polar surface area (TPSA) is 55.5 Å². The lowest BCUT2D eigenvalue weighted by Gasteiger charge is -2.12. The van der Waals surface area contributed by atoms with Crippen molar-refractivity contribution in [2.24, 2.45) is 0 Å². The van der Waals surface area contributed by atoms with Gasteiger partial charge >= 0.3 is 0 Å². The summed E-state index contributed by atoms with van der Waals surface area (Å²) in [5, 5.41) is 9.35. The number of benzene rings is 3. The van der Waals surface area contributed by atoms with Crippen LogP contribution in [-0.2, 0) is 13.2 Å². The fourth-order valence-corrected chi connectivity index (χ4v) is 2.50. The van der Waals surface area contributed by atoms with Gasteiger partial charge in [-0.15, -0.1) is 0 Å². The number of aliphatic hydroxyl groups is 1. The van der Waals surface area contributed by atoms with E-state index in [1.165, 1.54) is 0 Å². The first-order chi connectivity index (χ1) is 11.3. The van der Waals surface area contributed by atoms with Gasteiger partial charge in [-0.3, -0.25) is 0 Å². The zero-order valence-electron chi connectivity index (χ0n) is 12.8. The zero-order chi connectivity index (χ0) is 16.1. The van der Waals surface area contributed by atoms with E-state index < -0.39 is 0 Å². The smallest absolute Gasteiger partial charge is 0.120 e. The molecule has 0 bridgehead atoms. The van der Waals surface area contributed by atoms with Crippen LogP contribution in [0.25, 0.3) is 11.1 Å². The van der Waals surface area contributed by atoms with E-state index in [-0.39, 0.29) is 6.61 Å². The lowest BCUT2D eigenvalue weighted by molar-refractivity contribution is 0.282. The van der Waals surface area contributed by atoms with Gasteiger partial charge in [0.15, 0.2) is 0 Å². The number of nitrogens with two attached hydrogens (primary N) is 1. The molecule has 0 aliphatic carbocycles. The van der Waals surface area contributed by atoms with Crippen LogP contribution in [0.4, 0.5) is 5.69 Å². The molecule has 0 aromatic heterocycles. The Labute approximate surface area is 136 Å². The number of rotatable bonds is 5. The van der Waals surface area contributed by atoms with Crippen LogP contribution in [0.15, 0.2) is 72.8 Å². The van der Waals surface area contributed by atoms with Crippen LogP contribution < -0.4 is 10.5 Å². The van der Waals surface area contributed by atoms with Crippen LogP contribution >= 0.6 is 0 Å². The average Bonchev–Trinajstić information content (AvgIpc) is 2.61. The second-order valence-corrected chi connectivity index (χ2v) is 5.34. The Morgan fingerprint density at radius 2 is 1.65 bits per heavy atom. The van der Waals surface area contributed by atoms with Crippen LogP contribution in [0.1, 0.15) is 11.1 Å². The van der Waals surface area contributed by atoms with Gasteiger partial charge < -0.3 is 15.6 Å². The van der Waals surface area contributed by atoms with Gasteiger partial charge in [0.05, 0.1) is 6.61 Å². The van der Waals surface area contributed by atoms with E-state index in [0.717, 1.165) is 28.0 Å². The Balaban J connectivity index is 1.83. The molecule has 0 unspecified atom stereocenters. The maximum atomic E-state index is 9.35. The van der Waals surface area contributed by atoms with Gasteiger partial charge in [0.2, 0.25) is 0 Å². The van der Waals surface area contributed by atoms with Gasteiger partial charge in [-0.2, -0.15) is 0 Å². The molecular weight excluding hydrogens is 286 g/mol. The quantitative estimate of drug-likeness (QED) is 0.700. The van der Waals surface area contributed by atoms with Crippen LogP contribution in [0.2, 0.25) is 0 Å². The highest BCUT2D eigenvalue weighted by Gasteiger charge is 2.07. The SMILES string of the molecule is Nc1c(CO)cccc1-c1cccc(OCc2ccccc2)c1. The molecule has 116 valence electrons. The molecule has 3 heteroatoms. The van der Waals surface area contributed by atoms with E-state index in [0.29, 0.717) is 12.3 Å². The molecular formula is C20H19NO2. The molecule has 0 amide bonds. The van der Waals surface area contributed by atoms with E-state index in [1.807, 2.05) is 72.8 Å². The fraction of sp³-hybridized carbons (Fsp3) is 0.100. The van der Waals surface area contributed by atoms with Crippen molar-refractivity contribution in [1.82, 2.24) is 0 Å². The number of ether oxygens (including phenoxy) is 1. The molecule has 3 nitrogen and oxygen atoms in total. The summed E-state index contributed by atoms with van der Waals surface area (Å²) in [5.74, 6) is 0.792. The van der Waals surface area contributed by atoms with Crippen molar-refractivity contribution in [1.29, 1.82) is 0 Å². The van der Waals surface area contributed by atoms with Crippen molar-refractivity contribution in [2.45, 2.75) is 13.2 Å². The highest BCUT2D eigenvalue weighted by atomic mass is 16.5. The van der Waals surface area contributed by atoms with Crippen LogP contribution in [0.5, 0.6) is 5.75 Å². The number of anilines is 1. The number of para-hydroxylation sites is 1. The molecule has 3 N–H and O–H groups in total. The molecule has 3 rings (SSSR count). The van der Waals surface area contributed by atoms with Crippen molar-refractivity contribution in [3.05, 3.63) is 83.9 Å². The summed E-state index contributed by atoms with van der Waals surface area (Å²) in [6, 6.07) is 23.6. The minimum Gasteiger partial charge on any atom is -0.489 e. The lowest BCUT2D eigenvalue weighted by Crippen LogP contribution is -1.98. The van der Waals surface area contributed by atoms with Crippen LogP contribution in [0, 0.1) is 0 Å². The third kappa shape index (κ3) is 3.52. The Kier molecular flexibility index (Phi) is 4.60. The minimum atomic E-state index is -0.0656. The van der Waals surface area contributed by atoms with Crippen molar-refractivity contribution in [2.75, 3.05) is 5.73 Å². The maximum absolute atomic E-state index is 9.35. The minimum absolute atomic E-state index is 0.0656. The highest BCUT2D eigenvalue weighted by Crippen LogP contribution is 2.31. The van der Waals surface area contributed by atoms with Gasteiger partial charge in [0, 0.05) is 16.8 Å². The summed E-state index contributed by atoms with van der Waals surface area (Å²) >= 11 is 0. The van der Waals surface area contributed by atoms with E-state index in [9.17, 15) is 5.11 Å². The molecule has 0 saturated heterocycles. The number of aliphatic hydroxyl groups excluding tert-OH is 1. The molecule has 0 saturated carbocycles. The Morgan fingerprint density at radius 3 is 2.43 bits per heavy atom. The summed E-state index contributed by atoms with van der Waals surface area (Å²) in [6.07, 6.45) is 0. The Hall–Kier alpha value is -2.78. The number of nitrogen functional groups attached to an aromatic ring is 1. The summed E-state index contributed by atoms with van der Waals surface area (Å²) in [6.45, 7) is 0.459. The van der Waals surface area contributed by atoms with Crippen molar-refractivity contribution >= 4 is 5.69 Å². The van der Waals surface area contributed by atoms with E-state index in [1.54, 1.807) is 0 Å². The second-order valence-electron chi connectivity index (χ2n) is 5.34. The summed E-state index contributed by atoms with van der Waals surface area (Å²) < 4.78 is 5.86. The Morgan fingerprint density at radius 1 is 0.870 bits per heavy atom. The third-order valence-electron chi connectivity index (χ3n) is 3.76. The molecule has 0 aliphatic heterocycles. The monoisotopic (exact) mass is 305 g/mol. The summed E-state index contributed by atoms with van der Waals surface area (Å²) in [5.41, 5.74) is 10.5. The normalized spacial score (nSPS) is 10.5. The lowest BCUT2D eigenvalue weighted by atomic mass is 10.0. The van der Waals surface area contributed by atoms with Crippen LogP contribution in [0.3, 0.4) is 0 Å². The predicted octanol–water partition coefficient (Wildman–Crippen LogP) is 4.01. The standard InChI is InChI=1S/C20H19NO2/c21-20-17(13-22)9-5-11-19(20)16-8-4-10-18(12-16)23-14-15-6-2-1-3-7-15/h1-12,22H,13-14,21H2. The first-order valence-corrected chi connectivity index (χ1v) is 7.53. The predicted molar refractivity (Wildman–Crippen MR) is 93.0 cm³/mol. The van der Waals surface area contributed by atoms with Crippen molar-refractivity contribution in [3.63, 3.8) is 0 Å². The van der Waals surface area contributed by atoms with Gasteiger partial charge in [0.25, 0.3) is 0 Å². The zero-order valence-corrected chi connectivity index (χ0v) is 12.8. The van der Waals surface area contributed by atoms with Gasteiger partial charge in [-0.25, -0.2) is 0 Å². The largest absolute Gasteiger partial charge is 0.489 e. The molecule has 23 heavy (non-hydrogen) atoms. The molecule has 0 heterocycles. The first-order valence-electron chi connectivity index (χ1n) is 7.53. The molecule has 3 aromatic rings. The van der Waals surface area contributed by atoms with Gasteiger partial charge in [-0.05, 0) is 23.3 Å². The Bertz CT molecular complexity index is 785. The molecule has 0 spiro atoms. The summed E-state index contributed by atoms with van der Waals surface area (Å²) in [7, 11) is 0. The molecule has 0 atom stereocenters. The van der Waals surface area contributed by atoms with Crippen molar-refractivity contribution < 1.29 is 9.84 Å². The average molecular weight is 305 g/mol. The van der Waals surface area contributed by atoms with Gasteiger partial charge in [-0.1, -0.05) is 60.7 Å². The molecule has 0 fully saturated rings. The number of hydrogen-bond acceptors (Lipinski definition) is 3. The fourth-order valence-electron chi connectivity index (χ4n) is 2.50. The highest BCUT2D eigenvalue weighted by molar-refractivity contribution is 5.79.